The van der Waals surface area contributed by atoms with E-state index in [1.165, 1.54) is 18.0 Å². The lowest BCUT2D eigenvalue weighted by Crippen LogP contribution is -2.39. The van der Waals surface area contributed by atoms with E-state index in [4.69, 9.17) is 4.98 Å². The summed E-state index contributed by atoms with van der Waals surface area (Å²) in [6.45, 7) is 3.89. The number of aromatic amines is 1. The van der Waals surface area contributed by atoms with Crippen molar-refractivity contribution in [2.75, 3.05) is 36.8 Å². The quantitative estimate of drug-likeness (QED) is 0.230. The molecule has 2 aromatic heterocycles. The Morgan fingerprint density at radius 3 is 2.83 bits per heavy atom. The summed E-state index contributed by atoms with van der Waals surface area (Å²) >= 11 is 0. The summed E-state index contributed by atoms with van der Waals surface area (Å²) in [5.41, 5.74) is 2.33. The Labute approximate surface area is 210 Å². The van der Waals surface area contributed by atoms with E-state index < -0.39 is 18.6 Å². The maximum absolute atomic E-state index is 12.9. The van der Waals surface area contributed by atoms with Crippen LogP contribution in [0, 0.1) is 16.2 Å². The van der Waals surface area contributed by atoms with Crippen LogP contribution in [-0.2, 0) is 12.8 Å². The SMILES string of the molecule is CC(O)[C@H](CCN(CCCCc1ccc2c(n1)NCCC2)CCC(F)F)Nc1c(C#N)[nH]cc[n+]1=O. The molecule has 4 N–H and O–H groups in total. The minimum atomic E-state index is -2.39. The number of aryl methyl sites for hydroxylation is 2. The molecule has 1 aliphatic rings. The molecule has 2 aromatic rings. The number of fused-ring (bicyclic) bond motifs is 1. The summed E-state index contributed by atoms with van der Waals surface area (Å²) in [5.74, 6) is 1.00. The number of nitrogens with zero attached hydrogens (tertiary/aromatic N) is 4. The molecule has 3 rings (SSSR count). The molecule has 1 aliphatic heterocycles. The summed E-state index contributed by atoms with van der Waals surface area (Å²) in [6.07, 6.45) is 4.27. The highest BCUT2D eigenvalue weighted by atomic mass is 19.3. The van der Waals surface area contributed by atoms with E-state index in [0.717, 1.165) is 50.2 Å². The third-order valence-electron chi connectivity index (χ3n) is 6.44. The second-order valence-electron chi connectivity index (χ2n) is 9.22. The van der Waals surface area contributed by atoms with E-state index in [9.17, 15) is 24.1 Å². The van der Waals surface area contributed by atoms with Crippen molar-refractivity contribution in [2.24, 2.45) is 0 Å². The monoisotopic (exact) mass is 504 g/mol. The van der Waals surface area contributed by atoms with Gasteiger partial charge in [0.1, 0.15) is 17.9 Å². The first-order valence-corrected chi connectivity index (χ1v) is 12.6. The van der Waals surface area contributed by atoms with Crippen molar-refractivity contribution in [1.29, 1.82) is 5.26 Å². The van der Waals surface area contributed by atoms with Crippen LogP contribution in [-0.4, -0.2) is 64.7 Å². The second kappa shape index (κ2) is 13.8. The molecule has 1 unspecified atom stereocenters. The highest BCUT2D eigenvalue weighted by molar-refractivity contribution is 5.47. The molecule has 3 heterocycles. The number of aromatic nitrogens is 3. The van der Waals surface area contributed by atoms with Gasteiger partial charge in [0.05, 0.1) is 6.10 Å². The van der Waals surface area contributed by atoms with Crippen molar-refractivity contribution in [1.82, 2.24) is 14.9 Å². The van der Waals surface area contributed by atoms with E-state index >= 15 is 0 Å². The van der Waals surface area contributed by atoms with Gasteiger partial charge in [0.2, 0.25) is 12.1 Å². The van der Waals surface area contributed by atoms with Crippen LogP contribution in [0.1, 0.15) is 56.0 Å². The predicted molar refractivity (Wildman–Crippen MR) is 134 cm³/mol. The second-order valence-corrected chi connectivity index (χ2v) is 9.22. The molecule has 0 aromatic carbocycles. The predicted octanol–water partition coefficient (Wildman–Crippen LogP) is 3.09. The fourth-order valence-corrected chi connectivity index (χ4v) is 4.36. The molecule has 0 radical (unpaired) electrons. The van der Waals surface area contributed by atoms with E-state index in [0.29, 0.717) is 23.9 Å². The Morgan fingerprint density at radius 2 is 2.08 bits per heavy atom. The minimum Gasteiger partial charge on any atom is -0.389 e. The van der Waals surface area contributed by atoms with Crippen LogP contribution in [0.15, 0.2) is 24.5 Å². The maximum Gasteiger partial charge on any atom is 0.354 e. The van der Waals surface area contributed by atoms with Crippen LogP contribution in [0.25, 0.3) is 0 Å². The third kappa shape index (κ3) is 8.24. The van der Waals surface area contributed by atoms with Crippen LogP contribution >= 0.6 is 0 Å². The fraction of sp³-hybridized carbons (Fsp3) is 0.600. The number of alkyl halides is 2. The highest BCUT2D eigenvalue weighted by Crippen LogP contribution is 2.20. The zero-order valence-electron chi connectivity index (χ0n) is 20.7. The van der Waals surface area contributed by atoms with Crippen molar-refractivity contribution in [3.05, 3.63) is 46.4 Å². The topological polar surface area (TPSA) is 123 Å². The number of H-pyrrole nitrogens is 1. The molecule has 2 atom stereocenters. The summed E-state index contributed by atoms with van der Waals surface area (Å²) in [7, 11) is 0. The third-order valence-corrected chi connectivity index (χ3v) is 6.44. The molecule has 0 spiro atoms. The van der Waals surface area contributed by atoms with E-state index in [1.54, 1.807) is 6.92 Å². The Bertz CT molecular complexity index is 1070. The molecule has 11 heteroatoms. The molecule has 0 saturated carbocycles. The van der Waals surface area contributed by atoms with Gasteiger partial charge in [-0.05, 0) is 57.2 Å². The lowest BCUT2D eigenvalue weighted by molar-refractivity contribution is -0.479. The normalized spacial score (nSPS) is 14.7. The number of aliphatic hydroxyl groups excluding tert-OH is 1. The highest BCUT2D eigenvalue weighted by Gasteiger charge is 2.25. The molecular weight excluding hydrogens is 468 g/mol. The summed E-state index contributed by atoms with van der Waals surface area (Å²) in [5, 5.41) is 25.8. The lowest BCUT2D eigenvalue weighted by Gasteiger charge is -2.25. The largest absolute Gasteiger partial charge is 0.389 e. The summed E-state index contributed by atoms with van der Waals surface area (Å²) in [6, 6.07) is 5.59. The molecule has 0 aliphatic carbocycles. The van der Waals surface area contributed by atoms with E-state index in [1.807, 2.05) is 11.0 Å². The summed E-state index contributed by atoms with van der Waals surface area (Å²) < 4.78 is 26.4. The number of nitriles is 1. The van der Waals surface area contributed by atoms with Crippen molar-refractivity contribution in [3.8, 4) is 6.07 Å². The number of rotatable bonds is 14. The van der Waals surface area contributed by atoms with Gasteiger partial charge in [-0.3, -0.25) is 5.32 Å². The first-order valence-electron chi connectivity index (χ1n) is 12.6. The molecular formula is C25H36F2N7O2+. The first-order chi connectivity index (χ1) is 17.4. The smallest absolute Gasteiger partial charge is 0.354 e. The Hall–Kier alpha value is -3.10. The number of hydrogen-bond acceptors (Lipinski definition) is 7. The van der Waals surface area contributed by atoms with Gasteiger partial charge in [-0.25, -0.2) is 13.8 Å². The molecule has 0 saturated heterocycles. The van der Waals surface area contributed by atoms with Gasteiger partial charge >= 0.3 is 5.82 Å². The molecule has 0 bridgehead atoms. The molecule has 0 amide bonds. The van der Waals surface area contributed by atoms with Gasteiger partial charge in [-0.15, -0.1) is 0 Å². The van der Waals surface area contributed by atoms with Gasteiger partial charge in [0.25, 0.3) is 0 Å². The van der Waals surface area contributed by atoms with Gasteiger partial charge < -0.3 is 20.3 Å². The van der Waals surface area contributed by atoms with Crippen LogP contribution in [0.2, 0.25) is 0 Å². The number of halogens is 2. The average Bonchev–Trinajstić information content (AvgIpc) is 2.87. The maximum atomic E-state index is 12.9. The minimum absolute atomic E-state index is 0.0251. The molecule has 36 heavy (non-hydrogen) atoms. The van der Waals surface area contributed by atoms with Gasteiger partial charge in [0.15, 0.2) is 6.20 Å². The number of pyridine rings is 1. The van der Waals surface area contributed by atoms with Crippen molar-refractivity contribution in [2.45, 2.75) is 70.4 Å². The van der Waals surface area contributed by atoms with Crippen molar-refractivity contribution < 1.29 is 18.3 Å². The lowest BCUT2D eigenvalue weighted by atomic mass is 10.1. The molecule has 9 nitrogen and oxygen atoms in total. The zero-order chi connectivity index (χ0) is 25.9. The Morgan fingerprint density at radius 1 is 1.28 bits per heavy atom. The van der Waals surface area contributed by atoms with Crippen LogP contribution in [0.4, 0.5) is 20.4 Å². The first kappa shape index (κ1) is 27.5. The van der Waals surface area contributed by atoms with Crippen LogP contribution < -0.4 is 15.1 Å². The van der Waals surface area contributed by atoms with Gasteiger partial charge in [0, 0.05) is 48.8 Å². The summed E-state index contributed by atoms with van der Waals surface area (Å²) in [4.78, 5) is 21.5. The number of hydrogen-bond donors (Lipinski definition) is 4. The Balaban J connectivity index is 1.54. The van der Waals surface area contributed by atoms with Crippen LogP contribution in [0.5, 0.6) is 0 Å². The van der Waals surface area contributed by atoms with Gasteiger partial charge in [-0.1, -0.05) is 11.0 Å². The standard InChI is InChI=1S/C25H36F2N7O2/c1-18(35)21(32-25-22(17-28)29-12-16-34(25)36)9-14-33(15-10-23(26)27)13-3-2-6-20-8-7-19-5-4-11-30-24(19)31-20/h7-8,12,16,18,21,23,32,35H,2-6,9-11,13-15H2,1H3,(H,29,36)(H,30,31)/q+1/t18?,21-/m0/s1. The van der Waals surface area contributed by atoms with Crippen molar-refractivity contribution >= 4 is 11.6 Å². The molecule has 196 valence electrons. The van der Waals surface area contributed by atoms with E-state index in [-0.39, 0.29) is 24.5 Å². The number of nitrogens with one attached hydrogen (secondary N) is 3. The number of unbranched alkanes of at least 4 members (excludes halogenated alkanes) is 1. The fourth-order valence-electron chi connectivity index (χ4n) is 4.36. The van der Waals surface area contributed by atoms with Crippen LogP contribution in [0.3, 0.4) is 0 Å². The zero-order valence-corrected chi connectivity index (χ0v) is 20.7. The van der Waals surface area contributed by atoms with Crippen molar-refractivity contribution in [3.63, 3.8) is 0 Å². The number of aliphatic hydroxyl groups is 1. The van der Waals surface area contributed by atoms with E-state index in [2.05, 4.69) is 27.8 Å². The average molecular weight is 505 g/mol. The molecule has 0 fully saturated rings. The van der Waals surface area contributed by atoms with Gasteiger partial charge in [-0.2, -0.15) is 5.26 Å². The Kier molecular flexibility index (Phi) is 10.6. The number of anilines is 2.